The zero-order chi connectivity index (χ0) is 16.7. The number of nitrogens with zero attached hydrogens (tertiary/aromatic N) is 2. The molecule has 0 saturated heterocycles. The van der Waals surface area contributed by atoms with Crippen LogP contribution >= 0.6 is 0 Å². The first kappa shape index (κ1) is 17.3. The monoisotopic (exact) mass is 302 g/mol. The molecule has 0 unspecified atom stereocenters. The molecule has 0 heterocycles. The Hall–Kier alpha value is -2.72. The SMILES string of the molecule is COC(=O)C(=[N+]=[N-])C(=O)c1cccc(C)c1OCC=C(C)C. The van der Waals surface area contributed by atoms with Gasteiger partial charge in [-0.25, -0.2) is 4.79 Å². The number of hydrogen-bond acceptors (Lipinski definition) is 4. The second kappa shape index (κ2) is 7.90. The van der Waals surface area contributed by atoms with Crippen LogP contribution in [0.15, 0.2) is 29.8 Å². The molecular formula is C16H18N2O4. The number of aryl methyl sites for hydroxylation is 1. The van der Waals surface area contributed by atoms with E-state index >= 15 is 0 Å². The molecule has 0 aliphatic carbocycles. The molecule has 1 aromatic rings. The maximum atomic E-state index is 12.4. The van der Waals surface area contributed by atoms with Gasteiger partial charge in [0.25, 0.3) is 5.78 Å². The van der Waals surface area contributed by atoms with Gasteiger partial charge in [0.15, 0.2) is 0 Å². The molecule has 0 aliphatic heterocycles. The number of Topliss-reactive ketones (excluding diaryl/α,β-unsaturated/α-hetero) is 1. The van der Waals surface area contributed by atoms with Crippen molar-refractivity contribution in [1.82, 2.24) is 0 Å². The highest BCUT2D eigenvalue weighted by Gasteiger charge is 2.33. The van der Waals surface area contributed by atoms with Gasteiger partial charge >= 0.3 is 11.7 Å². The van der Waals surface area contributed by atoms with Gasteiger partial charge < -0.3 is 15.0 Å². The van der Waals surface area contributed by atoms with Crippen molar-refractivity contribution in [3.8, 4) is 5.75 Å². The minimum Gasteiger partial charge on any atom is -0.488 e. The summed E-state index contributed by atoms with van der Waals surface area (Å²) in [7, 11) is 1.10. The molecule has 1 aromatic carbocycles. The predicted molar refractivity (Wildman–Crippen MR) is 81.1 cm³/mol. The largest absolute Gasteiger partial charge is 0.488 e. The van der Waals surface area contributed by atoms with Gasteiger partial charge in [-0.3, -0.25) is 4.79 Å². The number of carbonyl (C=O) groups excluding carboxylic acids is 2. The minimum atomic E-state index is -1.01. The van der Waals surface area contributed by atoms with Crippen molar-refractivity contribution < 1.29 is 23.9 Å². The average molecular weight is 302 g/mol. The van der Waals surface area contributed by atoms with Crippen LogP contribution in [0, 0.1) is 6.92 Å². The third-order valence-electron chi connectivity index (χ3n) is 2.87. The van der Waals surface area contributed by atoms with Crippen molar-refractivity contribution in [2.45, 2.75) is 20.8 Å². The first-order valence-electron chi connectivity index (χ1n) is 6.63. The van der Waals surface area contributed by atoms with Gasteiger partial charge in [-0.2, -0.15) is 4.79 Å². The maximum absolute atomic E-state index is 12.4. The van der Waals surface area contributed by atoms with Gasteiger partial charge in [0.05, 0.1) is 12.7 Å². The number of esters is 1. The van der Waals surface area contributed by atoms with E-state index in [1.807, 2.05) is 19.9 Å². The Morgan fingerprint density at radius 1 is 1.32 bits per heavy atom. The third-order valence-corrected chi connectivity index (χ3v) is 2.87. The number of para-hydroxylation sites is 1. The van der Waals surface area contributed by atoms with Crippen molar-refractivity contribution in [2.75, 3.05) is 13.7 Å². The highest BCUT2D eigenvalue weighted by atomic mass is 16.5. The van der Waals surface area contributed by atoms with E-state index in [9.17, 15) is 9.59 Å². The lowest BCUT2D eigenvalue weighted by atomic mass is 10.0. The van der Waals surface area contributed by atoms with Crippen molar-refractivity contribution in [3.63, 3.8) is 0 Å². The number of benzene rings is 1. The second-order valence-corrected chi connectivity index (χ2v) is 4.81. The molecule has 0 amide bonds. The summed E-state index contributed by atoms with van der Waals surface area (Å²) in [5.74, 6) is -1.43. The fourth-order valence-corrected chi connectivity index (χ4v) is 1.72. The Labute approximate surface area is 129 Å². The molecule has 22 heavy (non-hydrogen) atoms. The van der Waals surface area contributed by atoms with Crippen molar-refractivity contribution in [3.05, 3.63) is 46.5 Å². The number of hydrogen-bond donors (Lipinski definition) is 0. The number of rotatable bonds is 6. The van der Waals surface area contributed by atoms with Gasteiger partial charge in [-0.05, 0) is 38.5 Å². The molecule has 0 fully saturated rings. The molecule has 0 saturated carbocycles. The van der Waals surface area contributed by atoms with Crippen LogP contribution < -0.4 is 4.74 Å². The standard InChI is InChI=1S/C16H18N2O4/c1-10(2)8-9-22-15-11(3)6-5-7-12(15)14(19)13(18-17)16(20)21-4/h5-8H,9H2,1-4H3. The van der Waals surface area contributed by atoms with E-state index in [4.69, 9.17) is 10.3 Å². The molecule has 0 spiro atoms. The summed E-state index contributed by atoms with van der Waals surface area (Å²) in [5.41, 5.74) is 10.1. The zero-order valence-corrected chi connectivity index (χ0v) is 13.0. The Bertz CT molecular complexity index is 667. The average Bonchev–Trinajstić information content (AvgIpc) is 2.48. The second-order valence-electron chi connectivity index (χ2n) is 4.81. The number of allylic oxidation sites excluding steroid dienone is 1. The molecular weight excluding hydrogens is 284 g/mol. The van der Waals surface area contributed by atoms with Crippen LogP contribution in [0.5, 0.6) is 5.75 Å². The van der Waals surface area contributed by atoms with Crippen LogP contribution in [-0.4, -0.2) is 36.0 Å². The summed E-state index contributed by atoms with van der Waals surface area (Å²) in [6.45, 7) is 5.93. The quantitative estimate of drug-likeness (QED) is 0.153. The Balaban J connectivity index is 3.21. The number of ether oxygens (including phenoxy) is 2. The van der Waals surface area contributed by atoms with E-state index in [1.54, 1.807) is 19.1 Å². The van der Waals surface area contributed by atoms with Gasteiger partial charge in [0, 0.05) is 0 Å². The molecule has 1 rings (SSSR count). The molecule has 0 aromatic heterocycles. The molecule has 116 valence electrons. The van der Waals surface area contributed by atoms with Crippen LogP contribution in [0.2, 0.25) is 0 Å². The highest BCUT2D eigenvalue weighted by Crippen LogP contribution is 2.24. The van der Waals surface area contributed by atoms with E-state index in [1.165, 1.54) is 6.07 Å². The van der Waals surface area contributed by atoms with Crippen LogP contribution in [0.1, 0.15) is 29.8 Å². The van der Waals surface area contributed by atoms with Crippen molar-refractivity contribution in [2.24, 2.45) is 0 Å². The third kappa shape index (κ3) is 4.14. The fraction of sp³-hybridized carbons (Fsp3) is 0.312. The van der Waals surface area contributed by atoms with Gasteiger partial charge in [0.1, 0.15) is 12.4 Å². The lowest BCUT2D eigenvalue weighted by Crippen LogP contribution is -2.27. The first-order chi connectivity index (χ1) is 10.4. The lowest BCUT2D eigenvalue weighted by molar-refractivity contribution is -0.137. The number of methoxy groups -OCH3 is 1. The highest BCUT2D eigenvalue weighted by molar-refractivity contribution is 6.65. The topological polar surface area (TPSA) is 89.0 Å². The summed E-state index contributed by atoms with van der Waals surface area (Å²) in [5, 5.41) is 0. The van der Waals surface area contributed by atoms with Crippen LogP contribution in [0.4, 0.5) is 0 Å². The van der Waals surface area contributed by atoms with E-state index in [0.717, 1.165) is 18.2 Å². The van der Waals surface area contributed by atoms with E-state index in [-0.39, 0.29) is 12.2 Å². The summed E-state index contributed by atoms with van der Waals surface area (Å²) in [6, 6.07) is 4.94. The van der Waals surface area contributed by atoms with Crippen LogP contribution in [0.25, 0.3) is 5.53 Å². The molecule has 0 atom stereocenters. The molecule has 6 heteroatoms. The van der Waals surface area contributed by atoms with Crippen molar-refractivity contribution in [1.29, 1.82) is 0 Å². The molecule has 0 bridgehead atoms. The molecule has 6 nitrogen and oxygen atoms in total. The van der Waals surface area contributed by atoms with E-state index in [0.29, 0.717) is 5.75 Å². The van der Waals surface area contributed by atoms with E-state index < -0.39 is 17.5 Å². The summed E-state index contributed by atoms with van der Waals surface area (Å²) >= 11 is 0. The normalized spacial score (nSPS) is 9.45. The fourth-order valence-electron chi connectivity index (χ4n) is 1.72. The Morgan fingerprint density at radius 2 is 2.00 bits per heavy atom. The maximum Gasteiger partial charge on any atom is 0.446 e. The summed E-state index contributed by atoms with van der Waals surface area (Å²) in [4.78, 5) is 26.6. The minimum absolute atomic E-state index is 0.139. The lowest BCUT2D eigenvalue weighted by Gasteiger charge is -2.11. The Kier molecular flexibility index (Phi) is 6.23. The van der Waals surface area contributed by atoms with Gasteiger partial charge in [-0.1, -0.05) is 17.7 Å². The molecule has 0 radical (unpaired) electrons. The molecule has 0 aliphatic rings. The van der Waals surface area contributed by atoms with Gasteiger partial charge in [0.2, 0.25) is 0 Å². The zero-order valence-electron chi connectivity index (χ0n) is 13.0. The Morgan fingerprint density at radius 3 is 2.55 bits per heavy atom. The summed E-state index contributed by atoms with van der Waals surface area (Å²) < 4.78 is 10.0. The van der Waals surface area contributed by atoms with E-state index in [2.05, 4.69) is 9.53 Å². The van der Waals surface area contributed by atoms with Crippen LogP contribution in [-0.2, 0) is 9.53 Å². The smallest absolute Gasteiger partial charge is 0.446 e. The van der Waals surface area contributed by atoms with Crippen LogP contribution in [0.3, 0.4) is 0 Å². The van der Waals surface area contributed by atoms with Crippen molar-refractivity contribution >= 4 is 17.5 Å². The molecule has 0 N–H and O–H groups in total. The summed E-state index contributed by atoms with van der Waals surface area (Å²) in [6.07, 6.45) is 1.86. The number of carbonyl (C=O) groups is 2. The predicted octanol–water partition coefficient (Wildman–Crippen LogP) is 2.37. The first-order valence-corrected chi connectivity index (χ1v) is 6.63. The van der Waals surface area contributed by atoms with Gasteiger partial charge in [-0.15, -0.1) is 0 Å². The number of ketones is 1.